The van der Waals surface area contributed by atoms with Gasteiger partial charge in [-0.25, -0.2) is 0 Å². The van der Waals surface area contributed by atoms with Crippen LogP contribution in [0.3, 0.4) is 0 Å². The molecule has 0 unspecified atom stereocenters. The van der Waals surface area contributed by atoms with Gasteiger partial charge in [0.1, 0.15) is 11.4 Å². The van der Waals surface area contributed by atoms with Gasteiger partial charge in [0.25, 0.3) is 0 Å². The average Bonchev–Trinajstić information content (AvgIpc) is 2.48. The van der Waals surface area contributed by atoms with Gasteiger partial charge in [-0.2, -0.15) is 0 Å². The number of hydrogen-bond donors (Lipinski definition) is 1. The maximum absolute atomic E-state index is 8.95. The Morgan fingerprint density at radius 2 is 2.00 bits per heavy atom. The quantitative estimate of drug-likeness (QED) is 0.438. The van der Waals surface area contributed by atoms with Gasteiger partial charge in [0.2, 0.25) is 0 Å². The summed E-state index contributed by atoms with van der Waals surface area (Å²) in [7, 11) is 0. The minimum Gasteiger partial charge on any atom is -0.506 e. The molecule has 4 rings (SSSR count). The molecule has 0 amide bonds. The van der Waals surface area contributed by atoms with E-state index >= 15 is 0 Å². The van der Waals surface area contributed by atoms with Crippen LogP contribution in [-0.4, -0.2) is 5.11 Å². The molecule has 3 aliphatic heterocycles. The maximum Gasteiger partial charge on any atom is 0.141 e. The van der Waals surface area contributed by atoms with E-state index in [4.69, 9.17) is 5.11 Å². The summed E-state index contributed by atoms with van der Waals surface area (Å²) in [5.74, 6) is 0.426. The Bertz CT molecular complexity index is 293. The predicted molar refractivity (Wildman–Crippen MR) is 29.9 cm³/mol. The van der Waals surface area contributed by atoms with Crippen LogP contribution < -0.4 is 4.90 Å². The highest BCUT2D eigenvalue weighted by Crippen LogP contribution is 2.77. The van der Waals surface area contributed by atoms with Crippen molar-refractivity contribution in [1.82, 2.24) is 0 Å². The molecule has 3 aliphatic rings. The third-order valence-corrected chi connectivity index (χ3v) is 1.70. The van der Waals surface area contributed by atoms with Crippen molar-refractivity contribution in [2.75, 3.05) is 4.90 Å². The molecule has 0 aromatic heterocycles. The lowest BCUT2D eigenvalue weighted by Gasteiger charge is -1.93. The predicted octanol–water partition coefficient (Wildman–Crippen LogP) is 1.49. The molecule has 0 radical (unpaired) electrons. The van der Waals surface area contributed by atoms with Crippen molar-refractivity contribution in [1.29, 1.82) is 0 Å². The van der Waals surface area contributed by atoms with Crippen LogP contribution in [0.5, 0.6) is 5.75 Å². The van der Waals surface area contributed by atoms with Gasteiger partial charge in [0.05, 0.1) is 11.4 Å². The largest absolute Gasteiger partial charge is 0.506 e. The number of aromatic hydroxyl groups is 1. The topological polar surface area (TPSA) is 23.2 Å². The van der Waals surface area contributed by atoms with Crippen LogP contribution in [0.15, 0.2) is 12.1 Å². The zero-order valence-electron chi connectivity index (χ0n) is 4.05. The first-order chi connectivity index (χ1) is 3.89. The van der Waals surface area contributed by atoms with Crippen LogP contribution in [0.25, 0.3) is 0 Å². The van der Waals surface area contributed by atoms with E-state index < -0.39 is 0 Å². The number of anilines is 3. The summed E-state index contributed by atoms with van der Waals surface area (Å²) >= 11 is 0. The van der Waals surface area contributed by atoms with E-state index in [9.17, 15) is 0 Å². The summed E-state index contributed by atoms with van der Waals surface area (Å²) in [4.78, 5) is 2.04. The summed E-state index contributed by atoms with van der Waals surface area (Å²) in [5, 5.41) is 8.95. The number of phenols is 1. The van der Waals surface area contributed by atoms with Crippen LogP contribution in [0, 0.1) is 0 Å². The lowest BCUT2D eigenvalue weighted by atomic mass is 10.3. The van der Waals surface area contributed by atoms with E-state index in [0.29, 0.717) is 5.75 Å². The molecular weight excluding hydrogens is 102 g/mol. The average molecular weight is 105 g/mol. The third kappa shape index (κ3) is 0.124. The van der Waals surface area contributed by atoms with Gasteiger partial charge < -0.3 is 5.11 Å². The van der Waals surface area contributed by atoms with Gasteiger partial charge in [-0.05, 0) is 12.1 Å². The minimum absolute atomic E-state index is 0.426. The molecule has 8 heavy (non-hydrogen) atoms. The van der Waals surface area contributed by atoms with Crippen LogP contribution in [0.1, 0.15) is 0 Å². The number of fused-ring (bicyclic) bond motifs is 2. The summed E-state index contributed by atoms with van der Waals surface area (Å²) in [6.45, 7) is 0. The molecule has 0 saturated carbocycles. The molecule has 0 saturated heterocycles. The molecule has 1 aromatic rings. The lowest BCUT2D eigenvalue weighted by molar-refractivity contribution is 0.479. The van der Waals surface area contributed by atoms with Crippen molar-refractivity contribution in [3.63, 3.8) is 0 Å². The van der Waals surface area contributed by atoms with Gasteiger partial charge in [0, 0.05) is 0 Å². The summed E-state index contributed by atoms with van der Waals surface area (Å²) in [5.41, 5.74) is 3.59. The van der Waals surface area contributed by atoms with Gasteiger partial charge >= 0.3 is 0 Å². The normalized spacial score (nSPS) is 15.8. The fourth-order valence-electron chi connectivity index (χ4n) is 1.16. The summed E-state index contributed by atoms with van der Waals surface area (Å²) < 4.78 is 0. The van der Waals surface area contributed by atoms with Crippen LogP contribution >= 0.6 is 0 Å². The van der Waals surface area contributed by atoms with E-state index in [1.54, 1.807) is 6.07 Å². The highest BCUT2D eigenvalue weighted by Gasteiger charge is 2.52. The minimum atomic E-state index is 0.426. The van der Waals surface area contributed by atoms with Gasteiger partial charge in [-0.3, -0.25) is 4.90 Å². The fraction of sp³-hybridized carbons (Fsp3) is 0. The number of nitrogens with zero attached hydrogens (tertiary/aromatic N) is 1. The first-order valence-electron chi connectivity index (χ1n) is 2.56. The van der Waals surface area contributed by atoms with E-state index in [0.717, 1.165) is 5.69 Å². The second kappa shape index (κ2) is 0.540. The summed E-state index contributed by atoms with van der Waals surface area (Å²) in [6.07, 6.45) is 0. The van der Waals surface area contributed by atoms with Crippen molar-refractivity contribution >= 4 is 17.1 Å². The molecule has 38 valence electrons. The molecule has 0 atom stereocenters. The van der Waals surface area contributed by atoms with Gasteiger partial charge in [-0.15, -0.1) is 0 Å². The van der Waals surface area contributed by atoms with E-state index in [1.165, 1.54) is 11.4 Å². The molecule has 1 N–H and O–H groups in total. The smallest absolute Gasteiger partial charge is 0.141 e. The number of phenolic OH excluding ortho intramolecular Hbond substituents is 1. The van der Waals surface area contributed by atoms with Crippen LogP contribution in [0.4, 0.5) is 17.1 Å². The zero-order valence-corrected chi connectivity index (χ0v) is 4.05. The van der Waals surface area contributed by atoms with Gasteiger partial charge in [-0.1, -0.05) is 0 Å². The molecule has 1 aromatic carbocycles. The SMILES string of the molecule is Oc1ccc2c3c1N23. The monoisotopic (exact) mass is 105 g/mol. The second-order valence-electron chi connectivity index (χ2n) is 2.14. The third-order valence-electron chi connectivity index (χ3n) is 1.70. The molecule has 0 spiro atoms. The van der Waals surface area contributed by atoms with Crippen molar-refractivity contribution in [3.8, 4) is 5.75 Å². The zero-order chi connectivity index (χ0) is 5.30. The van der Waals surface area contributed by atoms with Crippen molar-refractivity contribution in [3.05, 3.63) is 12.1 Å². The second-order valence-corrected chi connectivity index (χ2v) is 2.14. The Labute approximate surface area is 46.0 Å². The maximum atomic E-state index is 8.95. The van der Waals surface area contributed by atoms with Crippen molar-refractivity contribution in [2.45, 2.75) is 0 Å². The first-order valence-corrected chi connectivity index (χ1v) is 2.56. The number of benzene rings is 1. The highest BCUT2D eigenvalue weighted by atomic mass is 16.3. The molecular formula is C6H3NO. The molecule has 0 fully saturated rings. The van der Waals surface area contributed by atoms with Crippen LogP contribution in [-0.2, 0) is 0 Å². The molecule has 0 aliphatic carbocycles. The van der Waals surface area contributed by atoms with E-state index in [-0.39, 0.29) is 0 Å². The fourth-order valence-corrected chi connectivity index (χ4v) is 1.16. The van der Waals surface area contributed by atoms with Crippen molar-refractivity contribution < 1.29 is 5.11 Å². The Kier molecular flexibility index (Phi) is 0.201. The first kappa shape index (κ1) is 2.97. The highest BCUT2D eigenvalue weighted by molar-refractivity contribution is 6.26. The van der Waals surface area contributed by atoms with E-state index in [1.807, 2.05) is 11.0 Å². The molecule has 2 bridgehead atoms. The number of rotatable bonds is 0. The lowest BCUT2D eigenvalue weighted by Crippen LogP contribution is -1.74. The van der Waals surface area contributed by atoms with E-state index in [2.05, 4.69) is 0 Å². The molecule has 2 nitrogen and oxygen atoms in total. The molecule has 2 heteroatoms. The molecule has 3 heterocycles. The standard InChI is InChI=1S/C6H3NO/c8-4-2-1-3-5-6(4)7(3)5/h1-2,8H. The Morgan fingerprint density at radius 1 is 1.25 bits per heavy atom. The van der Waals surface area contributed by atoms with Crippen molar-refractivity contribution in [2.24, 2.45) is 0 Å². The van der Waals surface area contributed by atoms with Crippen LogP contribution in [0.2, 0.25) is 0 Å². The Morgan fingerprint density at radius 3 is 2.38 bits per heavy atom. The summed E-state index contributed by atoms with van der Waals surface area (Å²) in [6, 6.07) is 3.66. The van der Waals surface area contributed by atoms with Gasteiger partial charge in [0.15, 0.2) is 0 Å². The number of hydrogen-bond acceptors (Lipinski definition) is 2. The Hall–Kier alpha value is -1.18. The Balaban J connectivity index is 2.55.